The Hall–Kier alpha value is -1.35. The topological polar surface area (TPSA) is 57.5 Å². The van der Waals surface area contributed by atoms with Gasteiger partial charge >= 0.3 is 5.97 Å². The van der Waals surface area contributed by atoms with E-state index in [0.717, 1.165) is 24.0 Å². The highest BCUT2D eigenvalue weighted by Crippen LogP contribution is 2.41. The summed E-state index contributed by atoms with van der Waals surface area (Å²) in [6.07, 6.45) is 3.37. The van der Waals surface area contributed by atoms with Crippen molar-refractivity contribution in [2.24, 2.45) is 0 Å². The number of benzene rings is 1. The molecule has 1 fully saturated rings. The summed E-state index contributed by atoms with van der Waals surface area (Å²) in [4.78, 5) is 11.6. The van der Waals surface area contributed by atoms with E-state index in [-0.39, 0.29) is 0 Å². The fraction of sp³-hybridized carbons (Fsp3) is 0.533. The van der Waals surface area contributed by atoms with Gasteiger partial charge in [-0.15, -0.1) is 0 Å². The summed E-state index contributed by atoms with van der Waals surface area (Å²) in [5.74, 6) is -0.726. The van der Waals surface area contributed by atoms with Crippen molar-refractivity contribution in [3.05, 3.63) is 35.4 Å². The second-order valence-electron chi connectivity index (χ2n) is 5.73. The van der Waals surface area contributed by atoms with E-state index in [1.165, 1.54) is 0 Å². The van der Waals surface area contributed by atoms with Gasteiger partial charge in [-0.2, -0.15) is 0 Å². The molecule has 0 radical (unpaired) electrons. The van der Waals surface area contributed by atoms with Crippen LogP contribution in [0, 0.1) is 0 Å². The fourth-order valence-corrected chi connectivity index (χ4v) is 2.80. The predicted molar refractivity (Wildman–Crippen MR) is 69.5 cm³/mol. The average Bonchev–Trinajstić information content (AvgIpc) is 2.78. The summed E-state index contributed by atoms with van der Waals surface area (Å²) >= 11 is 0. The van der Waals surface area contributed by atoms with E-state index < -0.39 is 17.0 Å². The van der Waals surface area contributed by atoms with Crippen LogP contribution in [0.2, 0.25) is 0 Å². The van der Waals surface area contributed by atoms with E-state index in [2.05, 4.69) is 0 Å². The van der Waals surface area contributed by atoms with Crippen LogP contribution in [0.4, 0.5) is 0 Å². The summed E-state index contributed by atoms with van der Waals surface area (Å²) in [6, 6.07) is 7.37. The monoisotopic (exact) mass is 248 g/mol. The summed E-state index contributed by atoms with van der Waals surface area (Å²) in [7, 11) is 0. The maximum atomic E-state index is 11.6. The minimum absolute atomic E-state index is 0.710. The number of rotatable bonds is 3. The van der Waals surface area contributed by atoms with Gasteiger partial charge in [0.15, 0.2) is 0 Å². The van der Waals surface area contributed by atoms with E-state index in [0.29, 0.717) is 12.8 Å². The zero-order valence-electron chi connectivity index (χ0n) is 10.9. The number of aliphatic hydroxyl groups is 1. The van der Waals surface area contributed by atoms with Gasteiger partial charge in [-0.25, -0.2) is 0 Å². The molecule has 98 valence electrons. The largest absolute Gasteiger partial charge is 0.481 e. The molecule has 0 spiro atoms. The van der Waals surface area contributed by atoms with E-state index in [1.54, 1.807) is 13.8 Å². The predicted octanol–water partition coefficient (Wildman–Crippen LogP) is 2.81. The highest BCUT2D eigenvalue weighted by atomic mass is 16.4. The molecule has 2 rings (SSSR count). The Morgan fingerprint density at radius 3 is 2.06 bits per heavy atom. The molecule has 0 amide bonds. The Labute approximate surface area is 107 Å². The first-order valence-corrected chi connectivity index (χ1v) is 6.43. The Morgan fingerprint density at radius 2 is 1.67 bits per heavy atom. The van der Waals surface area contributed by atoms with Crippen LogP contribution in [0.25, 0.3) is 0 Å². The lowest BCUT2D eigenvalue weighted by atomic mass is 9.78. The van der Waals surface area contributed by atoms with E-state index in [9.17, 15) is 15.0 Å². The fourth-order valence-electron chi connectivity index (χ4n) is 2.80. The van der Waals surface area contributed by atoms with Crippen molar-refractivity contribution in [2.45, 2.75) is 50.5 Å². The smallest absolute Gasteiger partial charge is 0.314 e. The molecule has 0 unspecified atom stereocenters. The SMILES string of the molecule is CC(C)(O)c1ccc(C2(C(=O)O)CCCC2)cc1. The van der Waals surface area contributed by atoms with Crippen molar-refractivity contribution in [3.8, 4) is 0 Å². The van der Waals surface area contributed by atoms with Gasteiger partial charge in [0.2, 0.25) is 0 Å². The van der Waals surface area contributed by atoms with Crippen LogP contribution >= 0.6 is 0 Å². The van der Waals surface area contributed by atoms with Crippen LogP contribution in [-0.4, -0.2) is 16.2 Å². The first-order valence-electron chi connectivity index (χ1n) is 6.43. The second-order valence-corrected chi connectivity index (χ2v) is 5.73. The van der Waals surface area contributed by atoms with Gasteiger partial charge in [-0.3, -0.25) is 4.79 Å². The van der Waals surface area contributed by atoms with Crippen LogP contribution < -0.4 is 0 Å². The van der Waals surface area contributed by atoms with Crippen molar-refractivity contribution in [2.75, 3.05) is 0 Å². The van der Waals surface area contributed by atoms with Crippen LogP contribution in [0.15, 0.2) is 24.3 Å². The van der Waals surface area contributed by atoms with Crippen molar-refractivity contribution in [1.29, 1.82) is 0 Å². The molecular formula is C15H20O3. The lowest BCUT2D eigenvalue weighted by Crippen LogP contribution is -2.32. The van der Waals surface area contributed by atoms with Gasteiger partial charge < -0.3 is 10.2 Å². The van der Waals surface area contributed by atoms with Crippen LogP contribution in [-0.2, 0) is 15.8 Å². The lowest BCUT2D eigenvalue weighted by molar-refractivity contribution is -0.143. The molecule has 0 heterocycles. The van der Waals surface area contributed by atoms with E-state index in [4.69, 9.17) is 0 Å². The molecule has 1 aliphatic carbocycles. The molecule has 0 aliphatic heterocycles. The van der Waals surface area contributed by atoms with Crippen molar-refractivity contribution in [1.82, 2.24) is 0 Å². The third kappa shape index (κ3) is 2.15. The molecule has 1 aromatic carbocycles. The molecule has 18 heavy (non-hydrogen) atoms. The molecule has 3 heteroatoms. The number of aliphatic carboxylic acids is 1. The molecular weight excluding hydrogens is 228 g/mol. The van der Waals surface area contributed by atoms with Gasteiger partial charge in [-0.1, -0.05) is 37.1 Å². The lowest BCUT2D eigenvalue weighted by Gasteiger charge is -2.25. The number of carbonyl (C=O) groups is 1. The number of hydrogen-bond donors (Lipinski definition) is 2. The van der Waals surface area contributed by atoms with E-state index >= 15 is 0 Å². The Kier molecular flexibility index (Phi) is 3.20. The minimum Gasteiger partial charge on any atom is -0.481 e. The Balaban J connectivity index is 2.36. The molecule has 0 atom stereocenters. The maximum absolute atomic E-state index is 11.6. The first-order chi connectivity index (χ1) is 8.36. The average molecular weight is 248 g/mol. The van der Waals surface area contributed by atoms with Gasteiger partial charge in [0, 0.05) is 0 Å². The summed E-state index contributed by atoms with van der Waals surface area (Å²) in [5, 5.41) is 19.4. The summed E-state index contributed by atoms with van der Waals surface area (Å²) < 4.78 is 0. The number of hydrogen-bond acceptors (Lipinski definition) is 2. The molecule has 1 aliphatic rings. The molecule has 3 nitrogen and oxygen atoms in total. The van der Waals surface area contributed by atoms with Gasteiger partial charge in [0.1, 0.15) is 0 Å². The maximum Gasteiger partial charge on any atom is 0.314 e. The summed E-state index contributed by atoms with van der Waals surface area (Å²) in [5.41, 5.74) is 0.0770. The number of carboxylic acid groups (broad SMARTS) is 1. The van der Waals surface area contributed by atoms with Crippen molar-refractivity contribution in [3.63, 3.8) is 0 Å². The summed E-state index contributed by atoms with van der Waals surface area (Å²) in [6.45, 7) is 3.45. The minimum atomic E-state index is -0.884. The number of carboxylic acids is 1. The first kappa shape index (κ1) is 13.1. The Morgan fingerprint density at radius 1 is 1.17 bits per heavy atom. The third-order valence-electron chi connectivity index (χ3n) is 4.01. The van der Waals surface area contributed by atoms with Gasteiger partial charge in [-0.05, 0) is 37.8 Å². The molecule has 0 bridgehead atoms. The molecule has 0 aromatic heterocycles. The quantitative estimate of drug-likeness (QED) is 0.864. The second kappa shape index (κ2) is 4.39. The van der Waals surface area contributed by atoms with Crippen molar-refractivity contribution >= 4 is 5.97 Å². The Bertz CT molecular complexity index is 434. The van der Waals surface area contributed by atoms with Crippen molar-refractivity contribution < 1.29 is 15.0 Å². The zero-order chi connectivity index (χ0) is 13.4. The zero-order valence-corrected chi connectivity index (χ0v) is 10.9. The molecule has 0 saturated heterocycles. The van der Waals surface area contributed by atoms with Gasteiger partial charge in [0.05, 0.1) is 11.0 Å². The van der Waals surface area contributed by atoms with Gasteiger partial charge in [0.25, 0.3) is 0 Å². The van der Waals surface area contributed by atoms with Crippen LogP contribution in [0.5, 0.6) is 0 Å². The van der Waals surface area contributed by atoms with E-state index in [1.807, 2.05) is 24.3 Å². The normalized spacial score (nSPS) is 18.8. The highest BCUT2D eigenvalue weighted by Gasteiger charge is 2.42. The van der Waals surface area contributed by atoms with Crippen LogP contribution in [0.3, 0.4) is 0 Å². The third-order valence-corrected chi connectivity index (χ3v) is 4.01. The molecule has 1 aromatic rings. The molecule has 2 N–H and O–H groups in total. The highest BCUT2D eigenvalue weighted by molar-refractivity contribution is 5.81. The molecule has 1 saturated carbocycles. The van der Waals surface area contributed by atoms with Crippen LogP contribution in [0.1, 0.15) is 50.7 Å². The standard InChI is InChI=1S/C15H20O3/c1-14(2,18)11-5-7-12(8-6-11)15(13(16)17)9-3-4-10-15/h5-8,18H,3-4,9-10H2,1-2H3,(H,16,17).